The minimum Gasteiger partial charge on any atom is -0.508 e. The van der Waals surface area contributed by atoms with Crippen molar-refractivity contribution in [2.24, 2.45) is 5.41 Å². The molecule has 0 radical (unpaired) electrons. The van der Waals surface area contributed by atoms with Crippen LogP contribution in [0.1, 0.15) is 65.0 Å². The van der Waals surface area contributed by atoms with Crippen LogP contribution in [0.25, 0.3) is 0 Å². The van der Waals surface area contributed by atoms with Crippen LogP contribution in [0.15, 0.2) is 18.2 Å². The van der Waals surface area contributed by atoms with Crippen LogP contribution in [-0.4, -0.2) is 20.9 Å². The summed E-state index contributed by atoms with van der Waals surface area (Å²) in [5.74, 6) is -1.11. The molecule has 0 aliphatic heterocycles. The van der Waals surface area contributed by atoms with E-state index in [0.717, 1.165) is 5.56 Å². The van der Waals surface area contributed by atoms with E-state index < -0.39 is 20.5 Å². The highest BCUT2D eigenvalue weighted by Crippen LogP contribution is 2.39. The molecule has 1 unspecified atom stereocenters. The standard InChI is InChI=1S/C17H27O5P/c1-16(2,3)10-12(15(19)22-23(20)21)11-7-8-14(18)13(9-11)17(4,5)6/h7-9,12,18,20-21H,10H2,1-6H3. The van der Waals surface area contributed by atoms with Crippen LogP contribution in [0.5, 0.6) is 5.75 Å². The lowest BCUT2D eigenvalue weighted by atomic mass is 9.79. The molecule has 0 aliphatic carbocycles. The normalized spacial score (nSPS) is 14.0. The molecule has 0 spiro atoms. The van der Waals surface area contributed by atoms with Crippen molar-refractivity contribution in [3.8, 4) is 5.75 Å². The molecule has 0 amide bonds. The summed E-state index contributed by atoms with van der Waals surface area (Å²) in [6.45, 7) is 11.9. The molecule has 1 atom stereocenters. The fourth-order valence-electron chi connectivity index (χ4n) is 2.46. The lowest BCUT2D eigenvalue weighted by Gasteiger charge is -2.27. The Balaban J connectivity index is 3.29. The van der Waals surface area contributed by atoms with Gasteiger partial charge in [-0.05, 0) is 34.4 Å². The predicted octanol–water partition coefficient (Wildman–Crippen LogP) is 3.96. The van der Waals surface area contributed by atoms with Gasteiger partial charge in [0.1, 0.15) is 5.75 Å². The largest absolute Gasteiger partial charge is 0.508 e. The lowest BCUT2D eigenvalue weighted by Crippen LogP contribution is -2.21. The maximum Gasteiger partial charge on any atom is 0.393 e. The summed E-state index contributed by atoms with van der Waals surface area (Å²) in [6, 6.07) is 5.04. The third-order valence-electron chi connectivity index (χ3n) is 3.50. The van der Waals surface area contributed by atoms with Crippen molar-refractivity contribution in [1.82, 2.24) is 0 Å². The molecular weight excluding hydrogens is 315 g/mol. The van der Waals surface area contributed by atoms with Crippen LogP contribution >= 0.6 is 8.60 Å². The second-order valence-electron chi connectivity index (χ2n) is 8.01. The number of aromatic hydroxyl groups is 1. The number of benzene rings is 1. The first-order valence-electron chi connectivity index (χ1n) is 7.54. The van der Waals surface area contributed by atoms with Crippen molar-refractivity contribution in [3.63, 3.8) is 0 Å². The lowest BCUT2D eigenvalue weighted by molar-refractivity contribution is -0.137. The first-order valence-corrected chi connectivity index (χ1v) is 8.71. The van der Waals surface area contributed by atoms with Crippen molar-refractivity contribution < 1.29 is 24.2 Å². The smallest absolute Gasteiger partial charge is 0.393 e. The zero-order valence-electron chi connectivity index (χ0n) is 14.6. The van der Waals surface area contributed by atoms with Gasteiger partial charge in [-0.2, -0.15) is 0 Å². The maximum atomic E-state index is 12.3. The van der Waals surface area contributed by atoms with E-state index in [4.69, 9.17) is 9.79 Å². The van der Waals surface area contributed by atoms with Gasteiger partial charge in [0.2, 0.25) is 0 Å². The van der Waals surface area contributed by atoms with Gasteiger partial charge in [0.15, 0.2) is 0 Å². The Morgan fingerprint density at radius 1 is 1.17 bits per heavy atom. The second-order valence-corrected chi connectivity index (χ2v) is 8.70. The first kappa shape index (κ1) is 19.9. The van der Waals surface area contributed by atoms with E-state index in [1.54, 1.807) is 18.2 Å². The molecule has 6 heteroatoms. The summed E-state index contributed by atoms with van der Waals surface area (Å²) in [4.78, 5) is 30.3. The number of hydrogen-bond donors (Lipinski definition) is 3. The average molecular weight is 342 g/mol. The van der Waals surface area contributed by atoms with Crippen LogP contribution < -0.4 is 0 Å². The number of rotatable bonds is 4. The number of phenols is 1. The van der Waals surface area contributed by atoms with Gasteiger partial charge < -0.3 is 19.4 Å². The molecular formula is C17H27O5P. The van der Waals surface area contributed by atoms with Crippen LogP contribution in [0.4, 0.5) is 0 Å². The van der Waals surface area contributed by atoms with E-state index in [-0.39, 0.29) is 16.6 Å². The average Bonchev–Trinajstić information content (AvgIpc) is 2.33. The number of hydrogen-bond acceptors (Lipinski definition) is 5. The van der Waals surface area contributed by atoms with Gasteiger partial charge in [-0.1, -0.05) is 53.7 Å². The molecule has 0 heterocycles. The van der Waals surface area contributed by atoms with Gasteiger partial charge >= 0.3 is 14.6 Å². The molecule has 0 saturated heterocycles. The molecule has 3 N–H and O–H groups in total. The molecule has 0 bridgehead atoms. The third kappa shape index (κ3) is 6.09. The SMILES string of the molecule is CC(C)(C)CC(C(=O)OP(O)O)c1ccc(O)c(C(C)(C)C)c1. The summed E-state index contributed by atoms with van der Waals surface area (Å²) in [6.07, 6.45) is 0.489. The van der Waals surface area contributed by atoms with E-state index in [1.165, 1.54) is 0 Å². The molecule has 1 rings (SSSR count). The second kappa shape index (κ2) is 7.16. The fraction of sp³-hybridized carbons (Fsp3) is 0.588. The topological polar surface area (TPSA) is 87.0 Å². The van der Waals surface area contributed by atoms with Gasteiger partial charge in [0, 0.05) is 0 Å². The van der Waals surface area contributed by atoms with Crippen molar-refractivity contribution >= 4 is 14.6 Å². The Morgan fingerprint density at radius 2 is 1.74 bits per heavy atom. The molecule has 130 valence electrons. The van der Waals surface area contributed by atoms with Gasteiger partial charge in [-0.25, -0.2) is 0 Å². The highest BCUT2D eigenvalue weighted by atomic mass is 31.2. The van der Waals surface area contributed by atoms with Gasteiger partial charge in [0.05, 0.1) is 5.92 Å². The molecule has 5 nitrogen and oxygen atoms in total. The monoisotopic (exact) mass is 342 g/mol. The van der Waals surface area contributed by atoms with Crippen molar-refractivity contribution in [3.05, 3.63) is 29.3 Å². The summed E-state index contributed by atoms with van der Waals surface area (Å²) in [5.41, 5.74) is 0.995. The molecule has 0 fully saturated rings. The number of phenolic OH excluding ortho intramolecular Hbond substituents is 1. The minimum atomic E-state index is -2.74. The molecule has 1 aromatic carbocycles. The summed E-state index contributed by atoms with van der Waals surface area (Å²) < 4.78 is 4.64. The van der Waals surface area contributed by atoms with Crippen molar-refractivity contribution in [2.45, 2.75) is 59.3 Å². The Morgan fingerprint density at radius 3 is 2.17 bits per heavy atom. The highest BCUT2D eigenvalue weighted by molar-refractivity contribution is 7.40. The maximum absolute atomic E-state index is 12.3. The molecule has 0 aliphatic rings. The Hall–Kier alpha value is -1.16. The minimum absolute atomic E-state index is 0.156. The Kier molecular flexibility index (Phi) is 6.19. The fourth-order valence-corrected chi connectivity index (χ4v) is 2.75. The molecule has 0 aromatic heterocycles. The van der Waals surface area contributed by atoms with E-state index >= 15 is 0 Å². The molecule has 23 heavy (non-hydrogen) atoms. The predicted molar refractivity (Wildman–Crippen MR) is 91.1 cm³/mol. The zero-order valence-corrected chi connectivity index (χ0v) is 15.5. The quantitative estimate of drug-likeness (QED) is 0.721. The van der Waals surface area contributed by atoms with Gasteiger partial charge in [0.25, 0.3) is 0 Å². The molecule has 0 saturated carbocycles. The van der Waals surface area contributed by atoms with Gasteiger partial charge in [-0.15, -0.1) is 0 Å². The first-order chi connectivity index (χ1) is 10.3. The van der Waals surface area contributed by atoms with E-state index in [9.17, 15) is 9.90 Å². The van der Waals surface area contributed by atoms with Crippen LogP contribution in [-0.2, 0) is 14.7 Å². The molecule has 1 aromatic rings. The third-order valence-corrected chi connectivity index (χ3v) is 3.85. The van der Waals surface area contributed by atoms with E-state index in [0.29, 0.717) is 12.0 Å². The van der Waals surface area contributed by atoms with Crippen LogP contribution in [0, 0.1) is 5.41 Å². The van der Waals surface area contributed by atoms with Gasteiger partial charge in [-0.3, -0.25) is 4.79 Å². The number of carbonyl (C=O) groups is 1. The summed E-state index contributed by atoms with van der Waals surface area (Å²) in [5, 5.41) is 10.1. The van der Waals surface area contributed by atoms with E-state index in [2.05, 4.69) is 4.52 Å². The number of carbonyl (C=O) groups excluding carboxylic acids is 1. The van der Waals surface area contributed by atoms with Crippen molar-refractivity contribution in [2.75, 3.05) is 0 Å². The van der Waals surface area contributed by atoms with E-state index in [1.807, 2.05) is 41.5 Å². The summed E-state index contributed by atoms with van der Waals surface area (Å²) in [7, 11) is -2.74. The van der Waals surface area contributed by atoms with Crippen LogP contribution in [0.2, 0.25) is 0 Å². The Bertz CT molecular complexity index is 555. The Labute approximate surface area is 139 Å². The van der Waals surface area contributed by atoms with Crippen LogP contribution in [0.3, 0.4) is 0 Å². The van der Waals surface area contributed by atoms with Crippen molar-refractivity contribution in [1.29, 1.82) is 0 Å². The zero-order chi connectivity index (χ0) is 18.0. The summed E-state index contributed by atoms with van der Waals surface area (Å²) >= 11 is 0. The highest BCUT2D eigenvalue weighted by Gasteiger charge is 2.31.